The molecule has 0 spiro atoms. The van der Waals surface area contributed by atoms with E-state index in [1.54, 1.807) is 0 Å². The third-order valence-electron chi connectivity index (χ3n) is 5.10. The fourth-order valence-electron chi connectivity index (χ4n) is 3.53. The van der Waals surface area contributed by atoms with Crippen LogP contribution < -0.4 is 15.4 Å². The molecule has 0 saturated carbocycles. The van der Waals surface area contributed by atoms with Crippen molar-refractivity contribution < 1.29 is 13.2 Å². The molecule has 0 radical (unpaired) electrons. The molecule has 2 N–H and O–H groups in total. The smallest absolute Gasteiger partial charge is 0.367 e. The molecule has 0 amide bonds. The Morgan fingerprint density at radius 3 is 2.43 bits per heavy atom. The molecule has 9 heteroatoms. The van der Waals surface area contributed by atoms with Gasteiger partial charge in [-0.05, 0) is 56.5 Å². The van der Waals surface area contributed by atoms with E-state index in [0.717, 1.165) is 31.6 Å². The zero-order valence-electron chi connectivity index (χ0n) is 17.8. The molecule has 1 aromatic carbocycles. The van der Waals surface area contributed by atoms with Crippen LogP contribution in [0.2, 0.25) is 0 Å². The molecule has 0 bridgehead atoms. The van der Waals surface area contributed by atoms with Gasteiger partial charge in [0.2, 0.25) is 0 Å². The second-order valence-corrected chi connectivity index (χ2v) is 8.98. The predicted molar refractivity (Wildman–Crippen MR) is 120 cm³/mol. The Balaban J connectivity index is 1.39. The molecule has 2 aliphatic rings. The summed E-state index contributed by atoms with van der Waals surface area (Å²) in [7, 11) is -3.77. The molecule has 0 aromatic heterocycles. The normalized spacial score (nSPS) is 18.6. The van der Waals surface area contributed by atoms with E-state index in [9.17, 15) is 8.42 Å². The van der Waals surface area contributed by atoms with E-state index in [-0.39, 0.29) is 5.84 Å². The van der Waals surface area contributed by atoms with Crippen molar-refractivity contribution in [3.63, 3.8) is 0 Å². The topological polar surface area (TPSA) is 95.4 Å². The lowest BCUT2D eigenvalue weighted by Crippen LogP contribution is -2.39. The van der Waals surface area contributed by atoms with Crippen LogP contribution in [0.3, 0.4) is 0 Å². The number of likely N-dealkylation sites (tertiary alicyclic amines) is 1. The van der Waals surface area contributed by atoms with Gasteiger partial charge in [-0.25, -0.2) is 0 Å². The van der Waals surface area contributed by atoms with Gasteiger partial charge in [-0.2, -0.15) is 8.42 Å². The van der Waals surface area contributed by atoms with Gasteiger partial charge in [0.15, 0.2) is 11.7 Å². The standard InChI is InChI=1S/C21H33N5O3S/c1-2-3-11-22-20-21(25-30(27,28)24-20)23-12-8-15-29-19-10-7-9-18(16-19)17-26-13-5-4-6-14-26/h7,9-10,16H,2-6,8,11-15,17H2,1H3,(H,22,24)(H,23,25). The SMILES string of the molecule is CCCCNC1=NS(=O)(=O)N=C1NCCCOc1cccc(CN2CCCCC2)c1. The number of piperidine rings is 1. The maximum absolute atomic E-state index is 11.6. The first-order valence-electron chi connectivity index (χ1n) is 10.9. The Morgan fingerprint density at radius 2 is 1.73 bits per heavy atom. The number of unbranched alkanes of at least 4 members (excludes halogenated alkanes) is 1. The van der Waals surface area contributed by atoms with Crippen molar-refractivity contribution in [3.05, 3.63) is 29.8 Å². The summed E-state index contributed by atoms with van der Waals surface area (Å²) in [4.78, 5) is 2.50. The third kappa shape index (κ3) is 7.28. The van der Waals surface area contributed by atoms with Crippen LogP contribution in [0.1, 0.15) is 51.0 Å². The number of hydrogen-bond acceptors (Lipinski definition) is 6. The lowest BCUT2D eigenvalue weighted by atomic mass is 10.1. The molecule has 166 valence electrons. The fourth-order valence-corrected chi connectivity index (χ4v) is 4.34. The zero-order chi connectivity index (χ0) is 21.2. The monoisotopic (exact) mass is 435 g/mol. The molecule has 0 atom stereocenters. The molecule has 0 aliphatic carbocycles. The minimum atomic E-state index is -3.77. The van der Waals surface area contributed by atoms with Crippen molar-refractivity contribution in [2.75, 3.05) is 32.8 Å². The van der Waals surface area contributed by atoms with E-state index in [1.807, 2.05) is 12.1 Å². The Kier molecular flexibility index (Phi) is 8.50. The largest absolute Gasteiger partial charge is 0.494 e. The Bertz CT molecular complexity index is 848. The van der Waals surface area contributed by atoms with Gasteiger partial charge in [-0.1, -0.05) is 31.9 Å². The Morgan fingerprint density at radius 1 is 1.03 bits per heavy atom. The molecule has 1 aromatic rings. The first-order chi connectivity index (χ1) is 14.6. The van der Waals surface area contributed by atoms with Crippen molar-refractivity contribution in [2.45, 2.75) is 52.0 Å². The summed E-state index contributed by atoms with van der Waals surface area (Å²) in [5, 5.41) is 6.09. The molecule has 1 fully saturated rings. The highest BCUT2D eigenvalue weighted by Gasteiger charge is 2.23. The highest BCUT2D eigenvalue weighted by atomic mass is 32.2. The summed E-state index contributed by atoms with van der Waals surface area (Å²) < 4.78 is 36.5. The highest BCUT2D eigenvalue weighted by molar-refractivity contribution is 7.89. The first-order valence-corrected chi connectivity index (χ1v) is 12.3. The van der Waals surface area contributed by atoms with Crippen molar-refractivity contribution >= 4 is 21.9 Å². The number of nitrogens with one attached hydrogen (secondary N) is 2. The lowest BCUT2D eigenvalue weighted by Gasteiger charge is -2.26. The molecular formula is C21H33N5O3S. The minimum absolute atomic E-state index is 0.287. The number of hydrogen-bond donors (Lipinski definition) is 2. The van der Waals surface area contributed by atoms with Crippen LogP contribution in [0.25, 0.3) is 0 Å². The van der Waals surface area contributed by atoms with Gasteiger partial charge in [-0.15, -0.1) is 8.80 Å². The number of rotatable bonds is 10. The van der Waals surface area contributed by atoms with Crippen LogP contribution >= 0.6 is 0 Å². The summed E-state index contributed by atoms with van der Waals surface area (Å²) in [6, 6.07) is 8.27. The minimum Gasteiger partial charge on any atom is -0.494 e. The second-order valence-electron chi connectivity index (χ2n) is 7.72. The van der Waals surface area contributed by atoms with E-state index in [4.69, 9.17) is 4.74 Å². The zero-order valence-corrected chi connectivity index (χ0v) is 18.6. The average Bonchev–Trinajstić information content (AvgIpc) is 3.02. The van der Waals surface area contributed by atoms with Gasteiger partial charge in [0, 0.05) is 19.6 Å². The molecule has 2 heterocycles. The Hall–Kier alpha value is -2.13. The summed E-state index contributed by atoms with van der Waals surface area (Å²) >= 11 is 0. The van der Waals surface area contributed by atoms with Crippen molar-refractivity contribution in [2.24, 2.45) is 8.80 Å². The van der Waals surface area contributed by atoms with Crippen LogP contribution in [0.15, 0.2) is 33.1 Å². The van der Waals surface area contributed by atoms with Gasteiger partial charge in [0.1, 0.15) is 5.75 Å². The Labute approximate surface area is 180 Å². The number of nitrogens with zero attached hydrogens (tertiary/aromatic N) is 3. The molecule has 3 rings (SSSR count). The fraction of sp³-hybridized carbons (Fsp3) is 0.619. The van der Waals surface area contributed by atoms with E-state index < -0.39 is 10.2 Å². The van der Waals surface area contributed by atoms with Gasteiger partial charge in [0.05, 0.1) is 6.61 Å². The van der Waals surface area contributed by atoms with Crippen molar-refractivity contribution in [3.8, 4) is 5.75 Å². The second kappa shape index (κ2) is 11.3. The van der Waals surface area contributed by atoms with Crippen LogP contribution in [0.4, 0.5) is 0 Å². The summed E-state index contributed by atoms with van der Waals surface area (Å²) in [5.74, 6) is 1.46. The van der Waals surface area contributed by atoms with Crippen molar-refractivity contribution in [1.82, 2.24) is 15.5 Å². The van der Waals surface area contributed by atoms with Crippen LogP contribution in [0, 0.1) is 0 Å². The molecule has 1 saturated heterocycles. The molecule has 0 unspecified atom stereocenters. The van der Waals surface area contributed by atoms with E-state index in [0.29, 0.717) is 25.5 Å². The van der Waals surface area contributed by atoms with E-state index in [1.165, 1.54) is 37.9 Å². The van der Waals surface area contributed by atoms with Gasteiger partial charge >= 0.3 is 10.2 Å². The third-order valence-corrected chi connectivity index (χ3v) is 5.92. The van der Waals surface area contributed by atoms with Gasteiger partial charge < -0.3 is 15.4 Å². The van der Waals surface area contributed by atoms with E-state index >= 15 is 0 Å². The quantitative estimate of drug-likeness (QED) is 0.548. The lowest BCUT2D eigenvalue weighted by molar-refractivity contribution is 0.220. The van der Waals surface area contributed by atoms with E-state index in [2.05, 4.69) is 43.4 Å². The first kappa shape index (κ1) is 22.6. The van der Waals surface area contributed by atoms with Crippen molar-refractivity contribution in [1.29, 1.82) is 0 Å². The number of ether oxygens (including phenoxy) is 1. The van der Waals surface area contributed by atoms with Gasteiger partial charge in [-0.3, -0.25) is 4.90 Å². The predicted octanol–water partition coefficient (Wildman–Crippen LogP) is 2.48. The summed E-state index contributed by atoms with van der Waals surface area (Å²) in [6.45, 7) is 7.16. The summed E-state index contributed by atoms with van der Waals surface area (Å²) in [5.41, 5.74) is 1.28. The maximum Gasteiger partial charge on any atom is 0.367 e. The highest BCUT2D eigenvalue weighted by Crippen LogP contribution is 2.17. The van der Waals surface area contributed by atoms with Gasteiger partial charge in [0.25, 0.3) is 0 Å². The molecule has 2 aliphatic heterocycles. The summed E-state index contributed by atoms with van der Waals surface area (Å²) in [6.07, 6.45) is 6.60. The maximum atomic E-state index is 11.6. The number of amidine groups is 2. The van der Waals surface area contributed by atoms with Crippen LogP contribution in [-0.4, -0.2) is 57.8 Å². The molecule has 8 nitrogen and oxygen atoms in total. The molecular weight excluding hydrogens is 402 g/mol. The van der Waals surface area contributed by atoms with Crippen LogP contribution in [-0.2, 0) is 16.8 Å². The average molecular weight is 436 g/mol. The van der Waals surface area contributed by atoms with Crippen LogP contribution in [0.5, 0.6) is 5.75 Å². The number of benzene rings is 1. The molecule has 30 heavy (non-hydrogen) atoms.